The van der Waals surface area contributed by atoms with Gasteiger partial charge in [-0.1, -0.05) is 12.1 Å². The predicted octanol–water partition coefficient (Wildman–Crippen LogP) is 3.38. The summed E-state index contributed by atoms with van der Waals surface area (Å²) in [5.41, 5.74) is 5.17. The molecular formula is C22H22N4O3. The van der Waals surface area contributed by atoms with Gasteiger partial charge in [0.2, 0.25) is 0 Å². The molecule has 2 heterocycles. The van der Waals surface area contributed by atoms with Crippen LogP contribution in [0.25, 0.3) is 5.69 Å². The minimum Gasteiger partial charge on any atom is -0.447 e. The average molecular weight is 390 g/mol. The van der Waals surface area contributed by atoms with E-state index in [-0.39, 0.29) is 12.0 Å². The predicted molar refractivity (Wildman–Crippen MR) is 109 cm³/mol. The van der Waals surface area contributed by atoms with Gasteiger partial charge in [0, 0.05) is 23.5 Å². The number of hydrogen-bond acceptors (Lipinski definition) is 4. The Morgan fingerprint density at radius 1 is 1.10 bits per heavy atom. The fraction of sp³-hybridized carbons (Fsp3) is 0.227. The zero-order valence-corrected chi connectivity index (χ0v) is 16.4. The quantitative estimate of drug-likeness (QED) is 0.725. The summed E-state index contributed by atoms with van der Waals surface area (Å²) in [6.07, 6.45) is -0.339. The number of carbonyl (C=O) groups excluding carboxylic acids is 2. The molecule has 1 saturated heterocycles. The Morgan fingerprint density at radius 3 is 2.55 bits per heavy atom. The van der Waals surface area contributed by atoms with Crippen molar-refractivity contribution < 1.29 is 14.3 Å². The normalized spacial score (nSPS) is 13.4. The van der Waals surface area contributed by atoms with Crippen LogP contribution in [0.4, 0.5) is 10.5 Å². The number of rotatable bonds is 5. The van der Waals surface area contributed by atoms with Crippen LogP contribution >= 0.6 is 0 Å². The number of anilines is 1. The minimum absolute atomic E-state index is 0.157. The number of aromatic nitrogens is 2. The van der Waals surface area contributed by atoms with E-state index in [9.17, 15) is 9.59 Å². The number of ether oxygens (including phenoxy) is 1. The molecule has 1 aliphatic heterocycles. The Bertz CT molecular complexity index is 1060. The Balaban J connectivity index is 1.41. The number of amides is 2. The molecule has 2 amide bonds. The molecule has 0 radical (unpaired) electrons. The van der Waals surface area contributed by atoms with Gasteiger partial charge in [-0.15, -0.1) is 0 Å². The van der Waals surface area contributed by atoms with Crippen molar-refractivity contribution in [3.8, 4) is 5.69 Å². The van der Waals surface area contributed by atoms with Gasteiger partial charge >= 0.3 is 6.09 Å². The molecule has 2 aromatic carbocycles. The van der Waals surface area contributed by atoms with Gasteiger partial charge in [-0.25, -0.2) is 9.48 Å². The first-order valence-electron chi connectivity index (χ1n) is 9.46. The van der Waals surface area contributed by atoms with Crippen molar-refractivity contribution in [2.24, 2.45) is 0 Å². The number of nitrogens with zero attached hydrogens (tertiary/aromatic N) is 3. The lowest BCUT2D eigenvalue weighted by molar-refractivity contribution is 0.0951. The molecule has 1 N–H and O–H groups in total. The van der Waals surface area contributed by atoms with Crippen LogP contribution < -0.4 is 10.2 Å². The van der Waals surface area contributed by atoms with Crippen molar-refractivity contribution in [2.45, 2.75) is 20.4 Å². The number of cyclic esters (lactones) is 1. The standard InChI is InChI=1S/C22H22N4O3/c1-15-12-16(2)26(24-15)19-8-6-18(7-9-19)21(27)23-14-17-4-3-5-20(13-17)25-10-11-29-22(25)28/h3-9,12-13H,10-11,14H2,1-2H3,(H,23,27). The van der Waals surface area contributed by atoms with Crippen molar-refractivity contribution >= 4 is 17.7 Å². The lowest BCUT2D eigenvalue weighted by Gasteiger charge is -2.14. The first-order chi connectivity index (χ1) is 14.0. The smallest absolute Gasteiger partial charge is 0.414 e. The SMILES string of the molecule is Cc1cc(C)n(-c2ccc(C(=O)NCc3cccc(N4CCOC4=O)c3)cc2)n1. The Hall–Kier alpha value is -3.61. The van der Waals surface area contributed by atoms with Crippen molar-refractivity contribution in [1.82, 2.24) is 15.1 Å². The van der Waals surface area contributed by atoms with Gasteiger partial charge in [-0.3, -0.25) is 9.69 Å². The zero-order chi connectivity index (χ0) is 20.4. The van der Waals surface area contributed by atoms with E-state index in [1.54, 1.807) is 17.0 Å². The molecule has 29 heavy (non-hydrogen) atoms. The molecule has 0 saturated carbocycles. The van der Waals surface area contributed by atoms with Gasteiger partial charge in [0.05, 0.1) is 17.9 Å². The van der Waals surface area contributed by atoms with Gasteiger partial charge in [-0.05, 0) is 61.9 Å². The summed E-state index contributed by atoms with van der Waals surface area (Å²) in [7, 11) is 0. The molecule has 0 bridgehead atoms. The van der Waals surface area contributed by atoms with Crippen molar-refractivity contribution in [1.29, 1.82) is 0 Å². The first-order valence-corrected chi connectivity index (χ1v) is 9.46. The van der Waals surface area contributed by atoms with Crippen LogP contribution in [0.2, 0.25) is 0 Å². The summed E-state index contributed by atoms with van der Waals surface area (Å²) in [5.74, 6) is -0.157. The molecule has 0 aliphatic carbocycles. The fourth-order valence-corrected chi connectivity index (χ4v) is 3.39. The van der Waals surface area contributed by atoms with Crippen LogP contribution in [0.15, 0.2) is 54.6 Å². The topological polar surface area (TPSA) is 76.5 Å². The molecule has 7 heteroatoms. The highest BCUT2D eigenvalue weighted by Gasteiger charge is 2.23. The molecule has 148 valence electrons. The van der Waals surface area contributed by atoms with Gasteiger partial charge in [0.1, 0.15) is 6.61 Å². The third-order valence-electron chi connectivity index (χ3n) is 4.82. The molecule has 3 aromatic rings. The van der Waals surface area contributed by atoms with Crippen LogP contribution in [0.3, 0.4) is 0 Å². The second-order valence-electron chi connectivity index (χ2n) is 7.00. The second-order valence-corrected chi connectivity index (χ2v) is 7.00. The fourth-order valence-electron chi connectivity index (χ4n) is 3.39. The molecule has 1 fully saturated rings. The van der Waals surface area contributed by atoms with Crippen molar-refractivity contribution in [3.05, 3.63) is 77.1 Å². The van der Waals surface area contributed by atoms with E-state index >= 15 is 0 Å². The highest BCUT2D eigenvalue weighted by atomic mass is 16.6. The number of hydrogen-bond donors (Lipinski definition) is 1. The molecule has 7 nitrogen and oxygen atoms in total. The van der Waals surface area contributed by atoms with E-state index in [0.29, 0.717) is 25.3 Å². The lowest BCUT2D eigenvalue weighted by Crippen LogP contribution is -2.25. The highest BCUT2D eigenvalue weighted by Crippen LogP contribution is 2.20. The van der Waals surface area contributed by atoms with Gasteiger partial charge in [0.15, 0.2) is 0 Å². The van der Waals surface area contributed by atoms with Crippen LogP contribution in [-0.2, 0) is 11.3 Å². The average Bonchev–Trinajstić information content (AvgIpc) is 3.31. The van der Waals surface area contributed by atoms with Gasteiger partial charge < -0.3 is 10.1 Å². The Morgan fingerprint density at radius 2 is 1.90 bits per heavy atom. The van der Waals surface area contributed by atoms with E-state index in [4.69, 9.17) is 4.74 Å². The van der Waals surface area contributed by atoms with E-state index in [1.807, 2.05) is 61.0 Å². The van der Waals surface area contributed by atoms with E-state index in [0.717, 1.165) is 28.3 Å². The third-order valence-corrected chi connectivity index (χ3v) is 4.82. The molecular weight excluding hydrogens is 368 g/mol. The molecule has 0 unspecified atom stereocenters. The summed E-state index contributed by atoms with van der Waals surface area (Å²) in [6, 6.07) is 16.9. The maximum Gasteiger partial charge on any atom is 0.414 e. The summed E-state index contributed by atoms with van der Waals surface area (Å²) in [4.78, 5) is 25.8. The van der Waals surface area contributed by atoms with Crippen LogP contribution in [0, 0.1) is 13.8 Å². The van der Waals surface area contributed by atoms with E-state index in [2.05, 4.69) is 10.4 Å². The van der Waals surface area contributed by atoms with E-state index in [1.165, 1.54) is 0 Å². The number of benzene rings is 2. The second kappa shape index (κ2) is 7.79. The minimum atomic E-state index is -0.339. The highest BCUT2D eigenvalue weighted by molar-refractivity contribution is 5.94. The molecule has 1 aliphatic rings. The molecule has 0 spiro atoms. The van der Waals surface area contributed by atoms with Crippen molar-refractivity contribution in [3.63, 3.8) is 0 Å². The Labute approximate surface area is 168 Å². The zero-order valence-electron chi connectivity index (χ0n) is 16.4. The van der Waals surface area contributed by atoms with E-state index < -0.39 is 0 Å². The Kier molecular flexibility index (Phi) is 5.03. The summed E-state index contributed by atoms with van der Waals surface area (Å²) < 4.78 is 6.83. The van der Waals surface area contributed by atoms with Crippen molar-refractivity contribution in [2.75, 3.05) is 18.1 Å². The maximum absolute atomic E-state index is 12.5. The van der Waals surface area contributed by atoms with Gasteiger partial charge in [-0.2, -0.15) is 5.10 Å². The molecule has 1 aromatic heterocycles. The summed E-state index contributed by atoms with van der Waals surface area (Å²) in [6.45, 7) is 5.25. The third kappa shape index (κ3) is 3.99. The lowest BCUT2D eigenvalue weighted by atomic mass is 10.1. The molecule has 0 atom stereocenters. The van der Waals surface area contributed by atoms with Crippen LogP contribution in [0.5, 0.6) is 0 Å². The number of aryl methyl sites for hydroxylation is 2. The largest absolute Gasteiger partial charge is 0.447 e. The van der Waals surface area contributed by atoms with Crippen LogP contribution in [-0.4, -0.2) is 34.9 Å². The summed E-state index contributed by atoms with van der Waals surface area (Å²) >= 11 is 0. The van der Waals surface area contributed by atoms with Gasteiger partial charge in [0.25, 0.3) is 5.91 Å². The molecule has 4 rings (SSSR count). The van der Waals surface area contributed by atoms with Crippen LogP contribution in [0.1, 0.15) is 27.3 Å². The number of carbonyl (C=O) groups is 2. The summed E-state index contributed by atoms with van der Waals surface area (Å²) in [5, 5.41) is 7.38. The first kappa shape index (κ1) is 18.7. The maximum atomic E-state index is 12.5. The monoisotopic (exact) mass is 390 g/mol. The number of nitrogens with one attached hydrogen (secondary N) is 1.